The molecule has 1 aliphatic rings. The summed E-state index contributed by atoms with van der Waals surface area (Å²) in [5, 5.41) is 1.43. The van der Waals surface area contributed by atoms with Crippen LogP contribution in [0.2, 0.25) is 0 Å². The molecule has 0 saturated heterocycles. The van der Waals surface area contributed by atoms with Gasteiger partial charge in [-0.2, -0.15) is 0 Å². The number of imidazole rings is 1. The molecule has 30 heavy (non-hydrogen) atoms. The van der Waals surface area contributed by atoms with Crippen LogP contribution in [0.4, 0.5) is 0 Å². The van der Waals surface area contributed by atoms with Crippen molar-refractivity contribution in [2.45, 2.75) is 49.6 Å². The smallest absolute Gasteiger partial charge is 0.262 e. The van der Waals surface area contributed by atoms with Gasteiger partial charge in [-0.25, -0.2) is 15.0 Å². The minimum absolute atomic E-state index is 0.0381. The molecule has 152 valence electrons. The first kappa shape index (κ1) is 19.1. The van der Waals surface area contributed by atoms with Gasteiger partial charge in [-0.1, -0.05) is 35.5 Å². The van der Waals surface area contributed by atoms with Crippen LogP contribution in [-0.4, -0.2) is 23.9 Å². The van der Waals surface area contributed by atoms with Gasteiger partial charge in [-0.15, -0.1) is 0 Å². The number of allylic oxidation sites excluding steroid dienone is 2. The maximum atomic E-state index is 13.2. The molecule has 1 aliphatic carbocycles. The van der Waals surface area contributed by atoms with Crippen molar-refractivity contribution in [1.82, 2.24) is 23.9 Å². The van der Waals surface area contributed by atoms with E-state index >= 15 is 0 Å². The molecule has 0 spiro atoms. The number of fused-ring (bicyclic) bond motifs is 2. The highest BCUT2D eigenvalue weighted by atomic mass is 32.2. The third-order valence-electron chi connectivity index (χ3n) is 5.50. The zero-order valence-corrected chi connectivity index (χ0v) is 17.5. The van der Waals surface area contributed by atoms with Gasteiger partial charge >= 0.3 is 0 Å². The summed E-state index contributed by atoms with van der Waals surface area (Å²) < 4.78 is 3.75. The first-order valence-electron chi connectivity index (χ1n) is 10.4. The summed E-state index contributed by atoms with van der Waals surface area (Å²) in [4.78, 5) is 26.9. The van der Waals surface area contributed by atoms with E-state index in [0.717, 1.165) is 35.6 Å². The molecular weight excluding hydrogens is 394 g/mol. The van der Waals surface area contributed by atoms with Gasteiger partial charge in [0.15, 0.2) is 5.16 Å². The number of benzene rings is 1. The highest BCUT2D eigenvalue weighted by molar-refractivity contribution is 7.98. The lowest BCUT2D eigenvalue weighted by atomic mass is 9.97. The highest BCUT2D eigenvalue weighted by Crippen LogP contribution is 2.24. The lowest BCUT2D eigenvalue weighted by Crippen LogP contribution is -2.24. The summed E-state index contributed by atoms with van der Waals surface area (Å²) in [5.74, 6) is 1.32. The quantitative estimate of drug-likeness (QED) is 0.260. The second kappa shape index (κ2) is 8.44. The Labute approximate surface area is 178 Å². The minimum Gasteiger partial charge on any atom is -0.291 e. The Bertz CT molecular complexity index is 1260. The lowest BCUT2D eigenvalue weighted by Gasteiger charge is -2.16. The van der Waals surface area contributed by atoms with Gasteiger partial charge in [0.1, 0.15) is 0 Å². The summed E-state index contributed by atoms with van der Waals surface area (Å²) in [6, 6.07) is 9.48. The molecule has 3 aromatic heterocycles. The molecule has 7 heteroatoms. The Kier molecular flexibility index (Phi) is 5.36. The van der Waals surface area contributed by atoms with Gasteiger partial charge < -0.3 is 0 Å². The van der Waals surface area contributed by atoms with Crippen molar-refractivity contribution in [1.29, 1.82) is 0 Å². The van der Waals surface area contributed by atoms with Crippen molar-refractivity contribution >= 4 is 28.4 Å². The maximum absolute atomic E-state index is 13.2. The molecule has 1 aromatic carbocycles. The molecule has 0 atom stereocenters. The molecule has 0 aliphatic heterocycles. The van der Waals surface area contributed by atoms with Crippen molar-refractivity contribution in [3.8, 4) is 0 Å². The fourth-order valence-electron chi connectivity index (χ4n) is 3.93. The molecule has 5 rings (SSSR count). The summed E-state index contributed by atoms with van der Waals surface area (Å²) in [6.45, 7) is 0.664. The minimum atomic E-state index is 0.0381. The Morgan fingerprint density at radius 2 is 2.03 bits per heavy atom. The van der Waals surface area contributed by atoms with Crippen molar-refractivity contribution in [2.75, 3.05) is 0 Å². The van der Waals surface area contributed by atoms with E-state index in [-0.39, 0.29) is 5.56 Å². The normalized spacial score (nSPS) is 14.3. The Morgan fingerprint density at radius 3 is 2.90 bits per heavy atom. The van der Waals surface area contributed by atoms with E-state index in [2.05, 4.69) is 16.0 Å². The van der Waals surface area contributed by atoms with Crippen molar-refractivity contribution in [2.24, 2.45) is 0 Å². The van der Waals surface area contributed by atoms with E-state index in [0.29, 0.717) is 23.5 Å². The fraction of sp³-hybridized carbons (Fsp3) is 0.304. The largest absolute Gasteiger partial charge is 0.291 e. The van der Waals surface area contributed by atoms with Crippen LogP contribution in [0.1, 0.15) is 37.8 Å². The third-order valence-corrected chi connectivity index (χ3v) is 6.51. The molecule has 0 fully saturated rings. The molecule has 3 heterocycles. The van der Waals surface area contributed by atoms with E-state index in [1.54, 1.807) is 18.0 Å². The lowest BCUT2D eigenvalue weighted by molar-refractivity contribution is 0.569. The number of para-hydroxylation sites is 1. The monoisotopic (exact) mass is 417 g/mol. The highest BCUT2D eigenvalue weighted by Gasteiger charge is 2.14. The van der Waals surface area contributed by atoms with Crippen LogP contribution in [-0.2, 0) is 12.3 Å². The molecule has 0 bridgehead atoms. The van der Waals surface area contributed by atoms with Crippen LogP contribution < -0.4 is 5.56 Å². The number of rotatable bonds is 6. The molecule has 0 saturated carbocycles. The molecule has 0 amide bonds. The predicted octanol–water partition coefficient (Wildman–Crippen LogP) is 4.62. The summed E-state index contributed by atoms with van der Waals surface area (Å²) >= 11 is 1.56. The standard InChI is InChI=1S/C23H23N5OS/c29-21-19-9-4-5-10-20(19)26-23(28(21)14-11-17-7-2-1-3-8-17)30-16-18-15-27-13-6-12-24-22(27)25-18/h4-7,9-10,12-13,15H,1-3,8,11,14,16H2. The zero-order chi connectivity index (χ0) is 20.3. The van der Waals surface area contributed by atoms with Gasteiger partial charge in [0, 0.05) is 30.9 Å². The maximum Gasteiger partial charge on any atom is 0.262 e. The van der Waals surface area contributed by atoms with Crippen LogP contribution in [0.3, 0.4) is 0 Å². The number of thioether (sulfide) groups is 1. The molecule has 4 aromatic rings. The van der Waals surface area contributed by atoms with Crippen LogP contribution in [0.15, 0.2) is 70.5 Å². The van der Waals surface area contributed by atoms with Gasteiger partial charge in [-0.3, -0.25) is 13.8 Å². The van der Waals surface area contributed by atoms with Gasteiger partial charge in [-0.05, 0) is 50.3 Å². The average molecular weight is 418 g/mol. The predicted molar refractivity (Wildman–Crippen MR) is 120 cm³/mol. The fourth-order valence-corrected chi connectivity index (χ4v) is 4.84. The van der Waals surface area contributed by atoms with Gasteiger partial charge in [0.25, 0.3) is 5.56 Å². The summed E-state index contributed by atoms with van der Waals surface area (Å²) in [6.07, 6.45) is 13.7. The van der Waals surface area contributed by atoms with Crippen molar-refractivity contribution in [3.05, 3.63) is 76.6 Å². The SMILES string of the molecule is O=c1c2ccccc2nc(SCc2cn3cccnc3n2)n1CCC1=CCCCC1. The van der Waals surface area contributed by atoms with E-state index in [1.807, 2.05) is 51.7 Å². The van der Waals surface area contributed by atoms with E-state index in [9.17, 15) is 4.79 Å². The van der Waals surface area contributed by atoms with Crippen molar-refractivity contribution in [3.63, 3.8) is 0 Å². The second-order valence-corrected chi connectivity index (χ2v) is 8.52. The number of nitrogens with zero attached hydrogens (tertiary/aromatic N) is 5. The van der Waals surface area contributed by atoms with E-state index in [1.165, 1.54) is 18.4 Å². The first-order valence-corrected chi connectivity index (χ1v) is 11.4. The first-order chi connectivity index (χ1) is 14.8. The Balaban J connectivity index is 1.45. The summed E-state index contributed by atoms with van der Waals surface area (Å²) in [5.41, 5.74) is 3.16. The average Bonchev–Trinajstić information content (AvgIpc) is 3.21. The number of aromatic nitrogens is 5. The summed E-state index contributed by atoms with van der Waals surface area (Å²) in [7, 11) is 0. The van der Waals surface area contributed by atoms with Crippen molar-refractivity contribution < 1.29 is 0 Å². The Morgan fingerprint density at radius 1 is 1.10 bits per heavy atom. The number of hydrogen-bond donors (Lipinski definition) is 0. The topological polar surface area (TPSA) is 65.1 Å². The zero-order valence-electron chi connectivity index (χ0n) is 16.7. The van der Waals surface area contributed by atoms with E-state index in [4.69, 9.17) is 4.98 Å². The molecule has 0 N–H and O–H groups in total. The Hall–Kier alpha value is -2.93. The number of hydrogen-bond acceptors (Lipinski definition) is 5. The van der Waals surface area contributed by atoms with Crippen LogP contribution in [0.25, 0.3) is 16.7 Å². The van der Waals surface area contributed by atoms with Crippen LogP contribution >= 0.6 is 11.8 Å². The van der Waals surface area contributed by atoms with E-state index < -0.39 is 0 Å². The molecular formula is C23H23N5OS. The van der Waals surface area contributed by atoms with Gasteiger partial charge in [0.05, 0.1) is 16.6 Å². The van der Waals surface area contributed by atoms with Gasteiger partial charge in [0.2, 0.25) is 5.78 Å². The molecule has 6 nitrogen and oxygen atoms in total. The second-order valence-electron chi connectivity index (χ2n) is 7.57. The van der Waals surface area contributed by atoms with Crippen LogP contribution in [0.5, 0.6) is 0 Å². The third kappa shape index (κ3) is 3.89. The molecule has 0 unspecified atom stereocenters. The molecule has 0 radical (unpaired) electrons. The van der Waals surface area contributed by atoms with Crippen LogP contribution in [0, 0.1) is 0 Å².